The van der Waals surface area contributed by atoms with E-state index in [0.717, 1.165) is 16.7 Å². The van der Waals surface area contributed by atoms with Crippen LogP contribution in [0.2, 0.25) is 0 Å². The quantitative estimate of drug-likeness (QED) is 0.407. The molecule has 34 heavy (non-hydrogen) atoms. The lowest BCUT2D eigenvalue weighted by Crippen LogP contribution is -2.35. The molecule has 10 heteroatoms. The molecule has 0 unspecified atom stereocenters. The predicted octanol–water partition coefficient (Wildman–Crippen LogP) is 2.75. The van der Waals surface area contributed by atoms with E-state index in [9.17, 15) is 18.0 Å². The van der Waals surface area contributed by atoms with Crippen LogP contribution in [-0.2, 0) is 27.9 Å². The van der Waals surface area contributed by atoms with Crippen molar-refractivity contribution in [1.29, 1.82) is 0 Å². The van der Waals surface area contributed by atoms with Crippen LogP contribution < -0.4 is 9.86 Å². The summed E-state index contributed by atoms with van der Waals surface area (Å²) in [6.07, 6.45) is 1.52. The van der Waals surface area contributed by atoms with Gasteiger partial charge >= 0.3 is 5.97 Å². The number of anilines is 1. The molecule has 0 bridgehead atoms. The summed E-state index contributed by atoms with van der Waals surface area (Å²) < 4.78 is 34.3. The summed E-state index contributed by atoms with van der Waals surface area (Å²) in [5, 5.41) is 8.08. The van der Waals surface area contributed by atoms with Gasteiger partial charge in [-0.05, 0) is 54.8 Å². The van der Waals surface area contributed by atoms with Crippen molar-refractivity contribution in [3.05, 3.63) is 94.3 Å². The summed E-state index contributed by atoms with van der Waals surface area (Å²) in [7, 11) is -3.88. The number of carbonyl (C=O) groups excluding carboxylic acids is 1. The molecular weight excluding hydrogens is 456 g/mol. The maximum absolute atomic E-state index is 13.4. The SMILES string of the molecule is O=C(OCn1nnc2ccccc2c1=O)c1cccc(S(=O)(=O)N2CCCc3ccccc32)c1. The monoisotopic (exact) mass is 476 g/mol. The molecule has 0 radical (unpaired) electrons. The molecule has 5 rings (SSSR count). The van der Waals surface area contributed by atoms with Crippen LogP contribution in [0.5, 0.6) is 0 Å². The van der Waals surface area contributed by atoms with Crippen molar-refractivity contribution in [3.63, 3.8) is 0 Å². The van der Waals surface area contributed by atoms with E-state index in [1.165, 1.54) is 28.6 Å². The molecule has 0 aliphatic carbocycles. The number of fused-ring (bicyclic) bond motifs is 2. The second-order valence-corrected chi connectivity index (χ2v) is 9.67. The van der Waals surface area contributed by atoms with Crippen LogP contribution in [0.15, 0.2) is 82.5 Å². The third-order valence-electron chi connectivity index (χ3n) is 5.67. The Kier molecular flexibility index (Phi) is 5.58. The number of benzene rings is 3. The molecule has 172 valence electrons. The summed E-state index contributed by atoms with van der Waals surface area (Å²) in [5.74, 6) is -0.780. The van der Waals surface area contributed by atoms with Crippen LogP contribution in [-0.4, -0.2) is 35.9 Å². The largest absolute Gasteiger partial charge is 0.439 e. The number of aromatic nitrogens is 3. The smallest absolute Gasteiger partial charge is 0.339 e. The maximum Gasteiger partial charge on any atom is 0.339 e. The van der Waals surface area contributed by atoms with Gasteiger partial charge in [0.2, 0.25) is 0 Å². The Bertz CT molecular complexity index is 1570. The molecule has 1 aliphatic heterocycles. The zero-order valence-electron chi connectivity index (χ0n) is 18.0. The number of hydrogen-bond donors (Lipinski definition) is 0. The number of esters is 1. The summed E-state index contributed by atoms with van der Waals surface area (Å²) in [4.78, 5) is 25.2. The molecule has 0 amide bonds. The molecule has 0 saturated carbocycles. The standard InChI is InChI=1S/C24H20N4O5S/c29-23-20-11-2-3-12-21(20)25-26-27(23)16-33-24(30)18-8-5-10-19(15-18)34(31,32)28-14-6-9-17-7-1-4-13-22(17)28/h1-5,7-8,10-13,15H,6,9,14,16H2. The molecule has 9 nitrogen and oxygen atoms in total. The van der Waals surface area contributed by atoms with Crippen molar-refractivity contribution in [1.82, 2.24) is 15.0 Å². The van der Waals surface area contributed by atoms with Crippen LogP contribution >= 0.6 is 0 Å². The number of sulfonamides is 1. The summed E-state index contributed by atoms with van der Waals surface area (Å²) in [6, 6.07) is 19.8. The zero-order chi connectivity index (χ0) is 23.7. The molecule has 0 N–H and O–H groups in total. The maximum atomic E-state index is 13.4. The molecule has 0 atom stereocenters. The van der Waals surface area contributed by atoms with Gasteiger partial charge in [0.15, 0.2) is 6.73 Å². The van der Waals surface area contributed by atoms with Crippen molar-refractivity contribution in [2.75, 3.05) is 10.8 Å². The van der Waals surface area contributed by atoms with E-state index in [2.05, 4.69) is 10.3 Å². The van der Waals surface area contributed by atoms with Crippen LogP contribution in [0.4, 0.5) is 5.69 Å². The highest BCUT2D eigenvalue weighted by molar-refractivity contribution is 7.92. The van der Waals surface area contributed by atoms with Crippen LogP contribution in [0.3, 0.4) is 0 Å². The molecule has 1 aliphatic rings. The fourth-order valence-corrected chi connectivity index (χ4v) is 5.56. The van der Waals surface area contributed by atoms with Gasteiger partial charge in [-0.2, -0.15) is 4.68 Å². The van der Waals surface area contributed by atoms with Gasteiger partial charge in [0, 0.05) is 6.54 Å². The van der Waals surface area contributed by atoms with Crippen LogP contribution in [0, 0.1) is 0 Å². The Labute approximate surface area is 195 Å². The van der Waals surface area contributed by atoms with E-state index >= 15 is 0 Å². The first-order valence-corrected chi connectivity index (χ1v) is 12.1. The normalized spacial score (nSPS) is 13.5. The fraction of sp³-hybridized carbons (Fsp3) is 0.167. The van der Waals surface area contributed by atoms with E-state index in [0.29, 0.717) is 29.6 Å². The number of aryl methyl sites for hydroxylation is 1. The van der Waals surface area contributed by atoms with Crippen LogP contribution in [0.1, 0.15) is 22.3 Å². The number of ether oxygens (including phenoxy) is 1. The predicted molar refractivity (Wildman–Crippen MR) is 125 cm³/mol. The summed E-state index contributed by atoms with van der Waals surface area (Å²) in [5.41, 5.74) is 1.66. The first-order chi connectivity index (χ1) is 16.4. The van der Waals surface area contributed by atoms with Crippen molar-refractivity contribution < 1.29 is 17.9 Å². The Hall–Kier alpha value is -4.05. The molecule has 3 aromatic carbocycles. The molecule has 0 saturated heterocycles. The first kappa shape index (κ1) is 21.8. The van der Waals surface area contributed by atoms with Crippen molar-refractivity contribution in [2.45, 2.75) is 24.5 Å². The van der Waals surface area contributed by atoms with E-state index < -0.39 is 28.3 Å². The van der Waals surface area contributed by atoms with Gasteiger partial charge < -0.3 is 4.74 Å². The average Bonchev–Trinajstić information content (AvgIpc) is 2.88. The lowest BCUT2D eigenvalue weighted by Gasteiger charge is -2.30. The minimum absolute atomic E-state index is 0.0127. The third kappa shape index (κ3) is 3.92. The highest BCUT2D eigenvalue weighted by Gasteiger charge is 2.29. The van der Waals surface area contributed by atoms with Gasteiger partial charge in [-0.15, -0.1) is 5.10 Å². The first-order valence-electron chi connectivity index (χ1n) is 10.7. The minimum atomic E-state index is -3.88. The summed E-state index contributed by atoms with van der Waals surface area (Å²) in [6.45, 7) is -0.0937. The summed E-state index contributed by atoms with van der Waals surface area (Å²) >= 11 is 0. The Balaban J connectivity index is 1.38. The number of hydrogen-bond acceptors (Lipinski definition) is 7. The van der Waals surface area contributed by atoms with Crippen molar-refractivity contribution in [3.8, 4) is 0 Å². The Morgan fingerprint density at radius 1 is 1.00 bits per heavy atom. The Morgan fingerprint density at radius 3 is 2.68 bits per heavy atom. The Morgan fingerprint density at radius 2 is 1.79 bits per heavy atom. The lowest BCUT2D eigenvalue weighted by atomic mass is 10.0. The highest BCUT2D eigenvalue weighted by atomic mass is 32.2. The lowest BCUT2D eigenvalue weighted by molar-refractivity contribution is 0.0336. The van der Waals surface area contributed by atoms with E-state index in [-0.39, 0.29) is 10.5 Å². The van der Waals surface area contributed by atoms with Crippen LogP contribution in [0.25, 0.3) is 10.9 Å². The number of para-hydroxylation sites is 1. The van der Waals surface area contributed by atoms with E-state index in [4.69, 9.17) is 4.74 Å². The highest BCUT2D eigenvalue weighted by Crippen LogP contribution is 2.32. The molecule has 1 aromatic heterocycles. The van der Waals surface area contributed by atoms with Crippen molar-refractivity contribution >= 4 is 32.6 Å². The van der Waals surface area contributed by atoms with Gasteiger partial charge in [0.1, 0.15) is 5.52 Å². The second-order valence-electron chi connectivity index (χ2n) is 7.81. The fourth-order valence-electron chi connectivity index (χ4n) is 3.97. The molecule has 0 fully saturated rings. The number of rotatable bonds is 5. The third-order valence-corrected chi connectivity index (χ3v) is 7.48. The topological polar surface area (TPSA) is 111 Å². The van der Waals surface area contributed by atoms with Gasteiger partial charge in [0.05, 0.1) is 21.5 Å². The minimum Gasteiger partial charge on any atom is -0.439 e. The van der Waals surface area contributed by atoms with E-state index in [1.54, 1.807) is 36.4 Å². The van der Waals surface area contributed by atoms with Gasteiger partial charge in [0.25, 0.3) is 15.6 Å². The average molecular weight is 477 g/mol. The number of nitrogens with zero attached hydrogens (tertiary/aromatic N) is 4. The number of carbonyl (C=O) groups is 1. The molecule has 4 aromatic rings. The molecule has 0 spiro atoms. The second kappa shape index (κ2) is 8.71. The zero-order valence-corrected chi connectivity index (χ0v) is 18.8. The molecular formula is C24H20N4O5S. The van der Waals surface area contributed by atoms with Gasteiger partial charge in [-0.3, -0.25) is 9.10 Å². The van der Waals surface area contributed by atoms with Gasteiger partial charge in [-0.1, -0.05) is 41.6 Å². The van der Waals surface area contributed by atoms with Gasteiger partial charge in [-0.25, -0.2) is 13.2 Å². The van der Waals surface area contributed by atoms with E-state index in [1.807, 2.05) is 12.1 Å². The molecule has 2 heterocycles. The van der Waals surface area contributed by atoms with Crippen molar-refractivity contribution in [2.24, 2.45) is 0 Å².